The van der Waals surface area contributed by atoms with Crippen LogP contribution in [0.5, 0.6) is 0 Å². The van der Waals surface area contributed by atoms with Crippen LogP contribution in [0, 0.1) is 0 Å². The molecule has 0 fully saturated rings. The Hall–Kier alpha value is -4.02. The predicted octanol–water partition coefficient (Wildman–Crippen LogP) is 7.40. The molecule has 154 valence electrons. The van der Waals surface area contributed by atoms with Crippen molar-refractivity contribution < 1.29 is 4.79 Å². The van der Waals surface area contributed by atoms with Crippen LogP contribution in [0.3, 0.4) is 0 Å². The molecule has 0 unspecified atom stereocenters. The molecule has 0 radical (unpaired) electrons. The minimum atomic E-state index is -0.169. The number of benzene rings is 4. The molecule has 4 heteroatoms. The fraction of sp³-hybridized carbons (Fsp3) is 0. The van der Waals surface area contributed by atoms with Crippen LogP contribution in [0.25, 0.3) is 32.8 Å². The summed E-state index contributed by atoms with van der Waals surface area (Å²) < 4.78 is 0. The zero-order valence-corrected chi connectivity index (χ0v) is 18.0. The maximum absolute atomic E-state index is 12.9. The van der Waals surface area contributed by atoms with Crippen LogP contribution in [-0.4, -0.2) is 10.9 Å². The van der Waals surface area contributed by atoms with Crippen LogP contribution in [0.1, 0.15) is 10.4 Å². The van der Waals surface area contributed by atoms with E-state index in [9.17, 15) is 4.79 Å². The number of carbonyl (C=O) groups excluding carboxylic acids is 1. The first-order valence-electron chi connectivity index (χ1n) is 10.4. The number of rotatable bonds is 5. The van der Waals surface area contributed by atoms with Crippen molar-refractivity contribution in [2.24, 2.45) is 0 Å². The summed E-state index contributed by atoms with van der Waals surface area (Å²) in [5, 5.41) is 3.57. The van der Waals surface area contributed by atoms with Gasteiger partial charge < -0.3 is 0 Å². The van der Waals surface area contributed by atoms with Gasteiger partial charge in [0.1, 0.15) is 0 Å². The Morgan fingerprint density at radius 1 is 0.594 bits per heavy atom. The highest BCUT2D eigenvalue weighted by Crippen LogP contribution is 2.39. The number of hydrogen-bond acceptors (Lipinski definition) is 3. The van der Waals surface area contributed by atoms with Crippen LogP contribution in [0.4, 0.5) is 5.13 Å². The SMILES string of the molecule is O=C(Nc1nc(-c2ccccc2)c(-c2ccccc2)s1)c1ccc(-c2ccccc2)cc1. The van der Waals surface area contributed by atoms with Gasteiger partial charge in [-0.3, -0.25) is 10.1 Å². The van der Waals surface area contributed by atoms with E-state index in [4.69, 9.17) is 4.98 Å². The Labute approximate surface area is 191 Å². The van der Waals surface area contributed by atoms with E-state index in [-0.39, 0.29) is 5.91 Å². The maximum Gasteiger partial charge on any atom is 0.257 e. The monoisotopic (exact) mass is 432 g/mol. The molecule has 5 rings (SSSR count). The summed E-state index contributed by atoms with van der Waals surface area (Å²) in [5.41, 5.74) is 5.78. The molecule has 0 atom stereocenters. The Morgan fingerprint density at radius 3 is 1.69 bits per heavy atom. The van der Waals surface area contributed by atoms with Gasteiger partial charge in [0.15, 0.2) is 5.13 Å². The molecule has 0 saturated heterocycles. The standard InChI is InChI=1S/C28H20N2OS/c31-27(24-18-16-21(17-19-24)20-10-4-1-5-11-20)30-28-29-25(22-12-6-2-7-13-22)26(32-28)23-14-8-3-9-15-23/h1-19H,(H,29,30,31). The van der Waals surface area contributed by atoms with Gasteiger partial charge in [-0.15, -0.1) is 0 Å². The van der Waals surface area contributed by atoms with Crippen molar-refractivity contribution in [2.45, 2.75) is 0 Å². The van der Waals surface area contributed by atoms with E-state index in [2.05, 4.69) is 29.6 Å². The summed E-state index contributed by atoms with van der Waals surface area (Å²) >= 11 is 1.49. The molecule has 0 bridgehead atoms. The normalized spacial score (nSPS) is 10.6. The minimum Gasteiger partial charge on any atom is -0.298 e. The molecule has 1 heterocycles. The summed E-state index contributed by atoms with van der Waals surface area (Å²) in [6, 6.07) is 37.9. The van der Waals surface area contributed by atoms with E-state index in [1.54, 1.807) is 0 Å². The van der Waals surface area contributed by atoms with Crippen molar-refractivity contribution in [1.29, 1.82) is 0 Å². The molecule has 0 aliphatic heterocycles. The van der Waals surface area contributed by atoms with Gasteiger partial charge >= 0.3 is 0 Å². The highest BCUT2D eigenvalue weighted by molar-refractivity contribution is 7.19. The third-order valence-electron chi connectivity index (χ3n) is 5.19. The lowest BCUT2D eigenvalue weighted by Gasteiger charge is -2.04. The largest absolute Gasteiger partial charge is 0.298 e. The topological polar surface area (TPSA) is 42.0 Å². The number of aromatic nitrogens is 1. The lowest BCUT2D eigenvalue weighted by atomic mass is 10.0. The predicted molar refractivity (Wildman–Crippen MR) is 133 cm³/mol. The molecular weight excluding hydrogens is 412 g/mol. The van der Waals surface area contributed by atoms with Gasteiger partial charge in [0.05, 0.1) is 10.6 Å². The molecule has 1 aromatic heterocycles. The van der Waals surface area contributed by atoms with Crippen molar-refractivity contribution in [1.82, 2.24) is 4.98 Å². The van der Waals surface area contributed by atoms with Gasteiger partial charge in [-0.2, -0.15) is 0 Å². The van der Waals surface area contributed by atoms with Crippen molar-refractivity contribution in [3.63, 3.8) is 0 Å². The Balaban J connectivity index is 1.43. The fourth-order valence-corrected chi connectivity index (χ4v) is 4.55. The molecule has 1 N–H and O–H groups in total. The first kappa shape index (κ1) is 19.9. The van der Waals surface area contributed by atoms with E-state index in [1.807, 2.05) is 91.0 Å². The molecule has 5 aromatic rings. The molecule has 1 amide bonds. The second-order valence-electron chi connectivity index (χ2n) is 7.33. The van der Waals surface area contributed by atoms with Gasteiger partial charge in [0.25, 0.3) is 5.91 Å². The lowest BCUT2D eigenvalue weighted by molar-refractivity contribution is 0.102. The Kier molecular flexibility index (Phi) is 5.60. The second kappa shape index (κ2) is 9.00. The lowest BCUT2D eigenvalue weighted by Crippen LogP contribution is -2.11. The summed E-state index contributed by atoms with van der Waals surface area (Å²) in [7, 11) is 0. The van der Waals surface area contributed by atoms with Crippen LogP contribution in [-0.2, 0) is 0 Å². The average Bonchev–Trinajstić information content (AvgIpc) is 3.29. The van der Waals surface area contributed by atoms with Gasteiger partial charge in [0.2, 0.25) is 0 Å². The minimum absolute atomic E-state index is 0.169. The number of nitrogens with one attached hydrogen (secondary N) is 1. The molecule has 4 aromatic carbocycles. The van der Waals surface area contributed by atoms with E-state index in [0.29, 0.717) is 10.7 Å². The van der Waals surface area contributed by atoms with Crippen LogP contribution < -0.4 is 5.32 Å². The van der Waals surface area contributed by atoms with Gasteiger partial charge in [0, 0.05) is 11.1 Å². The number of carbonyl (C=O) groups is 1. The molecule has 0 aliphatic carbocycles. The Bertz CT molecular complexity index is 1270. The summed E-state index contributed by atoms with van der Waals surface area (Å²) in [5.74, 6) is -0.169. The van der Waals surface area contributed by atoms with Gasteiger partial charge in [-0.05, 0) is 28.8 Å². The smallest absolute Gasteiger partial charge is 0.257 e. The highest BCUT2D eigenvalue weighted by Gasteiger charge is 2.17. The van der Waals surface area contributed by atoms with Crippen LogP contribution in [0.15, 0.2) is 115 Å². The number of nitrogens with zero attached hydrogens (tertiary/aromatic N) is 1. The Morgan fingerprint density at radius 2 is 1.09 bits per heavy atom. The number of thiazole rings is 1. The summed E-state index contributed by atoms with van der Waals surface area (Å²) in [4.78, 5) is 18.7. The third kappa shape index (κ3) is 4.22. The third-order valence-corrected chi connectivity index (χ3v) is 6.20. The molecule has 0 saturated carbocycles. The van der Waals surface area contributed by atoms with E-state index in [1.165, 1.54) is 11.3 Å². The van der Waals surface area contributed by atoms with Gasteiger partial charge in [-0.25, -0.2) is 4.98 Å². The highest BCUT2D eigenvalue weighted by atomic mass is 32.1. The zero-order valence-electron chi connectivity index (χ0n) is 17.2. The van der Waals surface area contributed by atoms with E-state index < -0.39 is 0 Å². The van der Waals surface area contributed by atoms with Gasteiger partial charge in [-0.1, -0.05) is 114 Å². The molecule has 0 spiro atoms. The number of hydrogen-bond donors (Lipinski definition) is 1. The molecule has 0 aliphatic rings. The van der Waals surface area contributed by atoms with Crippen LogP contribution in [0.2, 0.25) is 0 Å². The van der Waals surface area contributed by atoms with Crippen molar-refractivity contribution >= 4 is 22.4 Å². The summed E-state index contributed by atoms with van der Waals surface area (Å²) in [6.45, 7) is 0. The van der Waals surface area contributed by atoms with Crippen molar-refractivity contribution in [2.75, 3.05) is 5.32 Å². The quantitative estimate of drug-likeness (QED) is 0.314. The maximum atomic E-state index is 12.9. The van der Waals surface area contributed by atoms with Crippen LogP contribution >= 0.6 is 11.3 Å². The summed E-state index contributed by atoms with van der Waals surface area (Å²) in [6.07, 6.45) is 0. The van der Waals surface area contributed by atoms with E-state index >= 15 is 0 Å². The molecule has 3 nitrogen and oxygen atoms in total. The second-order valence-corrected chi connectivity index (χ2v) is 8.33. The molecular formula is C28H20N2OS. The first-order chi connectivity index (χ1) is 15.8. The first-order valence-corrected chi connectivity index (χ1v) is 11.2. The van der Waals surface area contributed by atoms with Crippen molar-refractivity contribution in [3.8, 4) is 32.8 Å². The zero-order chi connectivity index (χ0) is 21.8. The number of amides is 1. The van der Waals surface area contributed by atoms with E-state index in [0.717, 1.165) is 32.8 Å². The average molecular weight is 433 g/mol. The molecule has 32 heavy (non-hydrogen) atoms. The number of anilines is 1. The fourth-order valence-electron chi connectivity index (χ4n) is 3.56. The van der Waals surface area contributed by atoms with Crippen molar-refractivity contribution in [3.05, 3.63) is 121 Å².